The van der Waals surface area contributed by atoms with Crippen molar-refractivity contribution in [3.63, 3.8) is 0 Å². The van der Waals surface area contributed by atoms with E-state index in [9.17, 15) is 15.0 Å². The van der Waals surface area contributed by atoms with Gasteiger partial charge in [-0.05, 0) is 42.5 Å². The van der Waals surface area contributed by atoms with Gasteiger partial charge in [0.1, 0.15) is 17.9 Å². The number of esters is 1. The first-order chi connectivity index (χ1) is 12.0. The summed E-state index contributed by atoms with van der Waals surface area (Å²) in [5.41, 5.74) is -0.116. The van der Waals surface area contributed by atoms with Gasteiger partial charge in [-0.25, -0.2) is 0 Å². The number of carbonyl (C=O) groups excluding carboxylic acids is 1. The van der Waals surface area contributed by atoms with Crippen molar-refractivity contribution in [1.29, 1.82) is 0 Å². The molecule has 134 valence electrons. The predicted molar refractivity (Wildman–Crippen MR) is 85.0 cm³/mol. The van der Waals surface area contributed by atoms with Gasteiger partial charge in [-0.15, -0.1) is 0 Å². The van der Waals surface area contributed by atoms with Crippen LogP contribution in [0.3, 0.4) is 0 Å². The fraction of sp³-hybridized carbons (Fsp3) is 0.611. The van der Waals surface area contributed by atoms with E-state index in [4.69, 9.17) is 14.2 Å². The lowest BCUT2D eigenvalue weighted by molar-refractivity contribution is -0.221. The van der Waals surface area contributed by atoms with Crippen molar-refractivity contribution < 1.29 is 29.2 Å². The molecular weight excluding hydrogens is 326 g/mol. The molecule has 1 aliphatic carbocycles. The van der Waals surface area contributed by atoms with Crippen LogP contribution >= 0.6 is 0 Å². The highest BCUT2D eigenvalue weighted by Gasteiger charge is 2.69. The van der Waals surface area contributed by atoms with Gasteiger partial charge in [0, 0.05) is 20.0 Å². The third kappa shape index (κ3) is 1.78. The van der Waals surface area contributed by atoms with Crippen LogP contribution in [0.2, 0.25) is 0 Å². The highest BCUT2D eigenvalue weighted by atomic mass is 16.7. The third-order valence-electron chi connectivity index (χ3n) is 6.41. The molecule has 1 unspecified atom stereocenters. The Morgan fingerprint density at radius 1 is 1.32 bits per heavy atom. The highest BCUT2D eigenvalue weighted by molar-refractivity contribution is 5.66. The fourth-order valence-corrected chi connectivity index (χ4v) is 5.36. The van der Waals surface area contributed by atoms with E-state index in [1.807, 2.05) is 17.0 Å². The Balaban J connectivity index is 1.68. The molecule has 5 rings (SSSR count). The molecule has 3 aliphatic heterocycles. The molecule has 0 aromatic heterocycles. The van der Waals surface area contributed by atoms with Crippen LogP contribution in [0.4, 0.5) is 0 Å². The van der Waals surface area contributed by atoms with Gasteiger partial charge in [0.2, 0.25) is 6.79 Å². The average Bonchev–Trinajstić information content (AvgIpc) is 3.08. The first-order valence-corrected chi connectivity index (χ1v) is 8.71. The van der Waals surface area contributed by atoms with Gasteiger partial charge in [-0.3, -0.25) is 9.69 Å². The fourth-order valence-electron chi connectivity index (χ4n) is 5.36. The molecule has 1 aromatic rings. The number of rotatable bonds is 1. The molecule has 1 saturated carbocycles. The molecule has 2 fully saturated rings. The number of carbonyl (C=O) groups is 1. The average molecular weight is 347 g/mol. The molecule has 1 saturated heterocycles. The van der Waals surface area contributed by atoms with E-state index in [-0.39, 0.29) is 6.79 Å². The lowest BCUT2D eigenvalue weighted by Crippen LogP contribution is -2.69. The first kappa shape index (κ1) is 15.4. The molecule has 25 heavy (non-hydrogen) atoms. The van der Waals surface area contributed by atoms with Crippen molar-refractivity contribution in [2.45, 2.75) is 56.1 Å². The van der Waals surface area contributed by atoms with Crippen LogP contribution < -0.4 is 9.47 Å². The summed E-state index contributed by atoms with van der Waals surface area (Å²) >= 11 is 0. The smallest absolute Gasteiger partial charge is 0.302 e. The van der Waals surface area contributed by atoms with E-state index < -0.39 is 29.3 Å². The maximum absolute atomic E-state index is 11.6. The summed E-state index contributed by atoms with van der Waals surface area (Å²) in [4.78, 5) is 13.5. The van der Waals surface area contributed by atoms with Gasteiger partial charge in [-0.2, -0.15) is 0 Å². The van der Waals surface area contributed by atoms with Gasteiger partial charge in [0.05, 0.1) is 5.41 Å². The topological polar surface area (TPSA) is 88.5 Å². The zero-order chi connectivity index (χ0) is 17.4. The highest BCUT2D eigenvalue weighted by Crippen LogP contribution is 2.60. The number of hydrogen-bond acceptors (Lipinski definition) is 7. The van der Waals surface area contributed by atoms with E-state index in [2.05, 4.69) is 0 Å². The molecule has 0 radical (unpaired) electrons. The zero-order valence-electron chi connectivity index (χ0n) is 14.0. The van der Waals surface area contributed by atoms with Crippen molar-refractivity contribution in [3.8, 4) is 11.5 Å². The number of nitrogens with zero attached hydrogens (tertiary/aromatic N) is 1. The largest absolute Gasteiger partial charge is 0.460 e. The Bertz CT molecular complexity index is 766. The Labute approximate surface area is 145 Å². The second-order valence-electron chi connectivity index (χ2n) is 7.45. The summed E-state index contributed by atoms with van der Waals surface area (Å²) in [6.07, 6.45) is -0.0889. The predicted octanol–water partition coefficient (Wildman–Crippen LogP) is 0.647. The molecule has 3 heterocycles. The minimum atomic E-state index is -1.14. The van der Waals surface area contributed by atoms with Gasteiger partial charge in [0.15, 0.2) is 11.5 Å². The summed E-state index contributed by atoms with van der Waals surface area (Å²) in [5.74, 6) is 0.920. The van der Waals surface area contributed by atoms with E-state index in [1.54, 1.807) is 0 Å². The monoisotopic (exact) mass is 347 g/mol. The number of ether oxygens (including phenoxy) is 3. The van der Waals surface area contributed by atoms with Crippen LogP contribution in [-0.2, 0) is 21.5 Å². The lowest BCUT2D eigenvalue weighted by Gasteiger charge is -2.56. The van der Waals surface area contributed by atoms with E-state index >= 15 is 0 Å². The van der Waals surface area contributed by atoms with Crippen molar-refractivity contribution in [3.05, 3.63) is 23.3 Å². The van der Waals surface area contributed by atoms with Gasteiger partial charge in [0.25, 0.3) is 0 Å². The zero-order valence-corrected chi connectivity index (χ0v) is 14.0. The molecule has 2 N–H and O–H groups in total. The molecule has 1 aromatic carbocycles. The summed E-state index contributed by atoms with van der Waals surface area (Å²) in [6, 6.07) is 3.84. The molecule has 2 bridgehead atoms. The Kier molecular flexibility index (Phi) is 3.01. The van der Waals surface area contributed by atoms with Gasteiger partial charge in [-0.1, -0.05) is 0 Å². The third-order valence-corrected chi connectivity index (χ3v) is 6.41. The lowest BCUT2D eigenvalue weighted by atomic mass is 9.59. The summed E-state index contributed by atoms with van der Waals surface area (Å²) < 4.78 is 16.4. The standard InChI is InChI=1S/C18H21NO6/c1-10(20)25-13-2-3-18(22)17(16(13)21)4-5-19(18)8-11-6-14-15(7-12(11)17)24-9-23-14/h6-7,13,16,21-22H,2-5,8-9H2,1H3/t13-,16-,17+,18-/m0/s1. The van der Waals surface area contributed by atoms with Crippen LogP contribution in [0.15, 0.2) is 12.1 Å². The van der Waals surface area contributed by atoms with Crippen LogP contribution in [0.1, 0.15) is 37.3 Å². The quantitative estimate of drug-likeness (QED) is 0.721. The minimum Gasteiger partial charge on any atom is -0.460 e. The van der Waals surface area contributed by atoms with E-state index in [1.165, 1.54) is 6.92 Å². The maximum atomic E-state index is 11.6. The van der Waals surface area contributed by atoms with Crippen molar-refractivity contribution in [1.82, 2.24) is 4.90 Å². The summed E-state index contributed by atoms with van der Waals surface area (Å²) in [5, 5.41) is 22.8. The second kappa shape index (κ2) is 4.87. The van der Waals surface area contributed by atoms with E-state index in [0.29, 0.717) is 43.9 Å². The molecule has 0 spiro atoms. The Hall–Kier alpha value is -1.83. The van der Waals surface area contributed by atoms with Crippen molar-refractivity contribution >= 4 is 5.97 Å². The van der Waals surface area contributed by atoms with Crippen molar-refractivity contribution in [2.24, 2.45) is 0 Å². The molecule has 0 amide bonds. The summed E-state index contributed by atoms with van der Waals surface area (Å²) in [7, 11) is 0. The number of aliphatic hydroxyl groups is 2. The number of aliphatic hydroxyl groups excluding tert-OH is 1. The van der Waals surface area contributed by atoms with Crippen molar-refractivity contribution in [2.75, 3.05) is 13.3 Å². The van der Waals surface area contributed by atoms with Crippen LogP contribution in [-0.4, -0.2) is 52.4 Å². The second-order valence-corrected chi connectivity index (χ2v) is 7.45. The Morgan fingerprint density at radius 3 is 2.84 bits per heavy atom. The minimum absolute atomic E-state index is 0.178. The van der Waals surface area contributed by atoms with Crippen LogP contribution in [0, 0.1) is 0 Å². The van der Waals surface area contributed by atoms with E-state index in [0.717, 1.165) is 11.1 Å². The summed E-state index contributed by atoms with van der Waals surface area (Å²) in [6.45, 7) is 2.81. The number of hydrogen-bond donors (Lipinski definition) is 2. The SMILES string of the molecule is CC(=O)O[C@H]1CC[C@@]2(O)N3CC[C@@]2(c2cc4c(cc2C3)OCO4)[C@H]1O. The maximum Gasteiger partial charge on any atom is 0.302 e. The molecule has 5 atom stereocenters. The molecule has 7 heteroatoms. The normalized spacial score (nSPS) is 40.4. The number of fused-ring (bicyclic) bond motifs is 2. The van der Waals surface area contributed by atoms with Gasteiger partial charge < -0.3 is 24.4 Å². The molecule has 7 nitrogen and oxygen atoms in total. The van der Waals surface area contributed by atoms with Gasteiger partial charge >= 0.3 is 5.97 Å². The van der Waals surface area contributed by atoms with Crippen LogP contribution in [0.25, 0.3) is 0 Å². The number of benzene rings is 1. The molecular formula is C18H21NO6. The first-order valence-electron chi connectivity index (χ1n) is 8.71. The Morgan fingerprint density at radius 2 is 2.08 bits per heavy atom. The van der Waals surface area contributed by atoms with Crippen LogP contribution in [0.5, 0.6) is 11.5 Å². The molecule has 4 aliphatic rings.